The SMILES string of the molecule is O=C(NCC#CCN1CCc2ccccc2C1)c1ccc(Cn2ccnc2)cc1. The number of nitrogens with zero attached hydrogens (tertiary/aromatic N) is 3. The zero-order valence-electron chi connectivity index (χ0n) is 16.3. The summed E-state index contributed by atoms with van der Waals surface area (Å²) in [6.45, 7) is 3.81. The van der Waals surface area contributed by atoms with Crippen molar-refractivity contribution in [2.75, 3.05) is 19.6 Å². The fraction of sp³-hybridized carbons (Fsp3) is 0.250. The van der Waals surface area contributed by atoms with E-state index in [-0.39, 0.29) is 5.91 Å². The molecule has 5 nitrogen and oxygen atoms in total. The smallest absolute Gasteiger partial charge is 0.252 e. The van der Waals surface area contributed by atoms with Crippen LogP contribution in [0, 0.1) is 11.8 Å². The summed E-state index contributed by atoms with van der Waals surface area (Å²) in [6, 6.07) is 16.2. The Morgan fingerprint density at radius 1 is 1.07 bits per heavy atom. The lowest BCUT2D eigenvalue weighted by Gasteiger charge is -2.26. The molecule has 1 amide bonds. The highest BCUT2D eigenvalue weighted by atomic mass is 16.1. The van der Waals surface area contributed by atoms with Gasteiger partial charge in [-0.2, -0.15) is 0 Å². The number of fused-ring (bicyclic) bond motifs is 1. The third kappa shape index (κ3) is 5.13. The van der Waals surface area contributed by atoms with Gasteiger partial charge in [-0.25, -0.2) is 4.98 Å². The molecular weight excluding hydrogens is 360 g/mol. The van der Waals surface area contributed by atoms with Gasteiger partial charge in [0, 0.05) is 37.6 Å². The molecule has 4 rings (SSSR count). The zero-order valence-corrected chi connectivity index (χ0v) is 16.3. The van der Waals surface area contributed by atoms with Crippen molar-refractivity contribution in [3.63, 3.8) is 0 Å². The van der Waals surface area contributed by atoms with Crippen LogP contribution in [-0.2, 0) is 19.5 Å². The molecule has 0 bridgehead atoms. The minimum Gasteiger partial charge on any atom is -0.341 e. The van der Waals surface area contributed by atoms with Crippen molar-refractivity contribution < 1.29 is 4.79 Å². The van der Waals surface area contributed by atoms with Crippen molar-refractivity contribution in [1.29, 1.82) is 0 Å². The van der Waals surface area contributed by atoms with Gasteiger partial charge in [0.2, 0.25) is 0 Å². The molecule has 0 spiro atoms. The summed E-state index contributed by atoms with van der Waals surface area (Å²) in [5.41, 5.74) is 4.61. The molecule has 0 radical (unpaired) electrons. The molecule has 1 aromatic heterocycles. The van der Waals surface area contributed by atoms with E-state index >= 15 is 0 Å². The number of benzene rings is 2. The Labute approximate surface area is 171 Å². The number of hydrogen-bond acceptors (Lipinski definition) is 3. The molecule has 2 aromatic carbocycles. The molecule has 3 aromatic rings. The van der Waals surface area contributed by atoms with Crippen molar-refractivity contribution in [2.45, 2.75) is 19.5 Å². The summed E-state index contributed by atoms with van der Waals surface area (Å²) in [7, 11) is 0. The molecule has 2 heterocycles. The van der Waals surface area contributed by atoms with Crippen LogP contribution in [0.15, 0.2) is 67.3 Å². The maximum Gasteiger partial charge on any atom is 0.252 e. The van der Waals surface area contributed by atoms with Gasteiger partial charge in [0.1, 0.15) is 0 Å². The number of carbonyl (C=O) groups excluding carboxylic acids is 1. The highest BCUT2D eigenvalue weighted by molar-refractivity contribution is 5.94. The van der Waals surface area contributed by atoms with Crippen molar-refractivity contribution in [3.8, 4) is 11.8 Å². The second-order valence-corrected chi connectivity index (χ2v) is 7.20. The second kappa shape index (κ2) is 9.22. The van der Waals surface area contributed by atoms with Gasteiger partial charge >= 0.3 is 0 Å². The number of hydrogen-bond donors (Lipinski definition) is 1. The molecule has 0 aliphatic carbocycles. The van der Waals surface area contributed by atoms with Crippen molar-refractivity contribution in [2.24, 2.45) is 0 Å². The highest BCUT2D eigenvalue weighted by Gasteiger charge is 2.14. The number of amides is 1. The summed E-state index contributed by atoms with van der Waals surface area (Å²) in [5, 5.41) is 2.87. The van der Waals surface area contributed by atoms with Crippen LogP contribution in [0.5, 0.6) is 0 Å². The standard InChI is InChI=1S/C24H24N4O/c29-24(22-9-7-20(8-10-22)17-28-16-13-25-19-28)26-12-3-4-14-27-15-11-21-5-1-2-6-23(21)18-27/h1-2,5-10,13,16,19H,11-12,14-15,17-18H2,(H,26,29). The molecule has 1 aliphatic rings. The van der Waals surface area contributed by atoms with Gasteiger partial charge in [-0.1, -0.05) is 48.2 Å². The van der Waals surface area contributed by atoms with Gasteiger partial charge in [0.25, 0.3) is 5.91 Å². The van der Waals surface area contributed by atoms with E-state index in [4.69, 9.17) is 0 Å². The minimum absolute atomic E-state index is 0.0969. The van der Waals surface area contributed by atoms with Crippen LogP contribution in [0.1, 0.15) is 27.0 Å². The quantitative estimate of drug-likeness (QED) is 0.688. The lowest BCUT2D eigenvalue weighted by Crippen LogP contribution is -2.31. The van der Waals surface area contributed by atoms with Gasteiger partial charge in [0.15, 0.2) is 0 Å². The largest absolute Gasteiger partial charge is 0.341 e. The number of imidazole rings is 1. The van der Waals surface area contributed by atoms with Gasteiger partial charge in [0.05, 0.1) is 19.4 Å². The molecule has 0 fully saturated rings. The third-order valence-electron chi connectivity index (χ3n) is 5.12. The Morgan fingerprint density at radius 2 is 1.90 bits per heavy atom. The summed E-state index contributed by atoms with van der Waals surface area (Å²) >= 11 is 0. The number of aromatic nitrogens is 2. The first kappa shape index (κ1) is 19.0. The Morgan fingerprint density at radius 3 is 2.69 bits per heavy atom. The molecule has 146 valence electrons. The van der Waals surface area contributed by atoms with E-state index in [0.29, 0.717) is 12.1 Å². The normalized spacial score (nSPS) is 13.2. The average Bonchev–Trinajstić information content (AvgIpc) is 3.27. The summed E-state index contributed by atoms with van der Waals surface area (Å²) in [5.74, 6) is 6.15. The van der Waals surface area contributed by atoms with Crippen LogP contribution in [0.25, 0.3) is 0 Å². The first-order valence-electron chi connectivity index (χ1n) is 9.86. The van der Waals surface area contributed by atoms with E-state index in [0.717, 1.165) is 38.2 Å². The van der Waals surface area contributed by atoms with E-state index in [1.165, 1.54) is 11.1 Å². The Kier molecular flexibility index (Phi) is 6.04. The summed E-state index contributed by atoms with van der Waals surface area (Å²) in [6.07, 6.45) is 6.53. The van der Waals surface area contributed by atoms with Gasteiger partial charge in [-0.05, 0) is 35.2 Å². The van der Waals surface area contributed by atoms with Crippen molar-refractivity contribution in [1.82, 2.24) is 19.8 Å². The number of carbonyl (C=O) groups is 1. The van der Waals surface area contributed by atoms with E-state index in [9.17, 15) is 4.79 Å². The second-order valence-electron chi connectivity index (χ2n) is 7.20. The third-order valence-corrected chi connectivity index (χ3v) is 5.12. The highest BCUT2D eigenvalue weighted by Crippen LogP contribution is 2.17. The monoisotopic (exact) mass is 384 g/mol. The molecule has 1 aliphatic heterocycles. The van der Waals surface area contributed by atoms with Crippen LogP contribution in [-0.4, -0.2) is 40.0 Å². The molecule has 0 atom stereocenters. The van der Waals surface area contributed by atoms with E-state index < -0.39 is 0 Å². The first-order valence-corrected chi connectivity index (χ1v) is 9.86. The molecule has 1 N–H and O–H groups in total. The Balaban J connectivity index is 1.21. The number of nitrogens with one attached hydrogen (secondary N) is 1. The minimum atomic E-state index is -0.0969. The van der Waals surface area contributed by atoms with Gasteiger partial charge in [-0.3, -0.25) is 9.69 Å². The molecule has 0 saturated heterocycles. The number of rotatable bonds is 5. The lowest BCUT2D eigenvalue weighted by molar-refractivity contribution is 0.0958. The van der Waals surface area contributed by atoms with Crippen LogP contribution in [0.2, 0.25) is 0 Å². The van der Waals surface area contributed by atoms with Crippen molar-refractivity contribution >= 4 is 5.91 Å². The first-order chi connectivity index (χ1) is 14.3. The van der Waals surface area contributed by atoms with Crippen LogP contribution < -0.4 is 5.32 Å². The van der Waals surface area contributed by atoms with Gasteiger partial charge < -0.3 is 9.88 Å². The predicted molar refractivity (Wildman–Crippen MR) is 113 cm³/mol. The molecule has 0 saturated carbocycles. The average molecular weight is 384 g/mol. The molecular formula is C24H24N4O. The molecule has 5 heteroatoms. The summed E-state index contributed by atoms with van der Waals surface area (Å²) < 4.78 is 1.99. The van der Waals surface area contributed by atoms with E-state index in [1.807, 2.05) is 35.0 Å². The van der Waals surface area contributed by atoms with E-state index in [2.05, 4.69) is 51.3 Å². The fourth-order valence-electron chi connectivity index (χ4n) is 3.50. The van der Waals surface area contributed by atoms with Gasteiger partial charge in [-0.15, -0.1) is 0 Å². The van der Waals surface area contributed by atoms with Crippen LogP contribution >= 0.6 is 0 Å². The molecule has 0 unspecified atom stereocenters. The molecule has 29 heavy (non-hydrogen) atoms. The van der Waals surface area contributed by atoms with Crippen LogP contribution in [0.3, 0.4) is 0 Å². The zero-order chi connectivity index (χ0) is 19.9. The van der Waals surface area contributed by atoms with Crippen LogP contribution in [0.4, 0.5) is 0 Å². The topological polar surface area (TPSA) is 50.2 Å². The lowest BCUT2D eigenvalue weighted by atomic mass is 10.0. The summed E-state index contributed by atoms with van der Waals surface area (Å²) in [4.78, 5) is 18.6. The van der Waals surface area contributed by atoms with Crippen molar-refractivity contribution in [3.05, 3.63) is 89.5 Å². The predicted octanol–water partition coefficient (Wildman–Crippen LogP) is 2.72. The Hall–Kier alpha value is -3.36. The maximum absolute atomic E-state index is 12.3. The maximum atomic E-state index is 12.3. The Bertz CT molecular complexity index is 1010. The van der Waals surface area contributed by atoms with E-state index in [1.54, 1.807) is 12.5 Å². The fourth-order valence-corrected chi connectivity index (χ4v) is 3.50.